The van der Waals surface area contributed by atoms with Crippen LogP contribution in [0.15, 0.2) is 64.0 Å². The van der Waals surface area contributed by atoms with E-state index in [0.717, 1.165) is 29.7 Å². The summed E-state index contributed by atoms with van der Waals surface area (Å²) in [6, 6.07) is 16.0. The van der Waals surface area contributed by atoms with Crippen LogP contribution in [0.3, 0.4) is 0 Å². The standard InChI is InChI=1S/C26H30Cl2N4O/c1-4-22(5-2)32-24(17-9-11-19(27)12-10-17)23(18-7-6-8-20(28)13-18)15-26(3,25(32)33)14-21-16-29-31-30-21/h6-13,22-24H,4-5,14-16H2,1-3H3/t23-,24-,26+/m1/s1. The van der Waals surface area contributed by atoms with E-state index in [1.165, 1.54) is 0 Å². The summed E-state index contributed by atoms with van der Waals surface area (Å²) >= 11 is 12.6. The summed E-state index contributed by atoms with van der Waals surface area (Å²) in [5.41, 5.74) is 2.49. The van der Waals surface area contributed by atoms with Crippen LogP contribution in [0.4, 0.5) is 0 Å². The Bertz CT molecular complexity index is 1060. The fourth-order valence-electron chi connectivity index (χ4n) is 5.41. The molecule has 2 aliphatic heterocycles. The molecule has 0 bridgehead atoms. The van der Waals surface area contributed by atoms with Crippen molar-refractivity contribution in [2.24, 2.45) is 20.9 Å². The molecule has 1 saturated heterocycles. The summed E-state index contributed by atoms with van der Waals surface area (Å²) in [5, 5.41) is 13.4. The molecule has 0 spiro atoms. The maximum atomic E-state index is 14.2. The molecule has 2 aliphatic rings. The fourth-order valence-corrected chi connectivity index (χ4v) is 5.74. The number of hydrogen-bond acceptors (Lipinski definition) is 4. The number of benzene rings is 2. The van der Waals surface area contributed by atoms with Crippen molar-refractivity contribution in [1.29, 1.82) is 0 Å². The van der Waals surface area contributed by atoms with Gasteiger partial charge in [0.05, 0.1) is 17.2 Å². The topological polar surface area (TPSA) is 57.4 Å². The molecule has 0 aliphatic carbocycles. The van der Waals surface area contributed by atoms with E-state index in [4.69, 9.17) is 23.2 Å². The lowest BCUT2D eigenvalue weighted by molar-refractivity contribution is -0.154. The van der Waals surface area contributed by atoms with Crippen molar-refractivity contribution in [3.8, 4) is 0 Å². The summed E-state index contributed by atoms with van der Waals surface area (Å²) in [7, 11) is 0. The Balaban J connectivity index is 1.86. The summed E-state index contributed by atoms with van der Waals surface area (Å²) < 4.78 is 0. The lowest BCUT2D eigenvalue weighted by Gasteiger charge is -2.52. The zero-order valence-electron chi connectivity index (χ0n) is 19.3. The second-order valence-electron chi connectivity index (χ2n) is 9.34. The maximum absolute atomic E-state index is 14.2. The quantitative estimate of drug-likeness (QED) is 0.402. The van der Waals surface area contributed by atoms with Crippen LogP contribution in [0.1, 0.15) is 69.5 Å². The van der Waals surface area contributed by atoms with Gasteiger partial charge in [-0.05, 0) is 59.9 Å². The van der Waals surface area contributed by atoms with Gasteiger partial charge in [-0.2, -0.15) is 5.11 Å². The van der Waals surface area contributed by atoms with E-state index in [2.05, 4.69) is 59.3 Å². The molecule has 33 heavy (non-hydrogen) atoms. The molecular formula is C26H30Cl2N4O. The smallest absolute Gasteiger partial charge is 0.229 e. The zero-order valence-corrected chi connectivity index (χ0v) is 20.9. The van der Waals surface area contributed by atoms with Gasteiger partial charge in [0, 0.05) is 28.4 Å². The van der Waals surface area contributed by atoms with E-state index < -0.39 is 5.41 Å². The Kier molecular flexibility index (Phi) is 7.20. The van der Waals surface area contributed by atoms with Crippen LogP contribution in [0.5, 0.6) is 0 Å². The first-order valence-corrected chi connectivity index (χ1v) is 12.4. The first-order valence-electron chi connectivity index (χ1n) is 11.6. The number of amides is 1. The molecule has 0 N–H and O–H groups in total. The molecule has 4 rings (SSSR count). The lowest BCUT2D eigenvalue weighted by atomic mass is 9.66. The van der Waals surface area contributed by atoms with Gasteiger partial charge in [-0.25, -0.2) is 0 Å². The molecule has 2 heterocycles. The van der Waals surface area contributed by atoms with Crippen molar-refractivity contribution in [2.45, 2.75) is 64.5 Å². The van der Waals surface area contributed by atoms with Crippen molar-refractivity contribution in [2.75, 3.05) is 6.54 Å². The number of carbonyl (C=O) groups is 1. The number of likely N-dealkylation sites (tertiary alicyclic amines) is 1. The Hall–Kier alpha value is -2.24. The van der Waals surface area contributed by atoms with Gasteiger partial charge in [0.2, 0.25) is 5.91 Å². The molecule has 7 heteroatoms. The third kappa shape index (κ3) is 4.85. The normalized spacial score (nSPS) is 25.1. The van der Waals surface area contributed by atoms with Crippen LogP contribution in [0.2, 0.25) is 10.0 Å². The Labute approximate surface area is 205 Å². The van der Waals surface area contributed by atoms with E-state index >= 15 is 0 Å². The SMILES string of the molecule is CCC(CC)N1C(=O)[C@@](C)(CC2=NN=NC2)C[C@H](c2cccc(Cl)c2)[C@H]1c1ccc(Cl)cc1. The number of rotatable bonds is 7. The van der Waals surface area contributed by atoms with Crippen LogP contribution >= 0.6 is 23.2 Å². The second-order valence-corrected chi connectivity index (χ2v) is 10.2. The minimum Gasteiger partial charge on any atom is -0.332 e. The van der Waals surface area contributed by atoms with Gasteiger partial charge in [-0.1, -0.05) is 68.2 Å². The highest BCUT2D eigenvalue weighted by Gasteiger charge is 2.51. The summed E-state index contributed by atoms with van der Waals surface area (Å²) in [5.74, 6) is 0.244. The second kappa shape index (κ2) is 9.94. The van der Waals surface area contributed by atoms with E-state index in [9.17, 15) is 4.79 Å². The minimum atomic E-state index is -0.604. The number of piperidine rings is 1. The summed E-state index contributed by atoms with van der Waals surface area (Å²) in [4.78, 5) is 16.4. The first kappa shape index (κ1) is 23.9. The first-order chi connectivity index (χ1) is 15.9. The van der Waals surface area contributed by atoms with Crippen LogP contribution in [-0.2, 0) is 4.79 Å². The zero-order chi connectivity index (χ0) is 23.6. The van der Waals surface area contributed by atoms with Gasteiger partial charge >= 0.3 is 0 Å². The third-order valence-corrected chi connectivity index (χ3v) is 7.51. The number of carbonyl (C=O) groups excluding carboxylic acids is 1. The minimum absolute atomic E-state index is 0.0732. The average molecular weight is 485 g/mol. The number of halogens is 2. The Morgan fingerprint density at radius 2 is 1.79 bits per heavy atom. The highest BCUT2D eigenvalue weighted by Crippen LogP contribution is 2.52. The predicted molar refractivity (Wildman–Crippen MR) is 134 cm³/mol. The van der Waals surface area contributed by atoms with Gasteiger partial charge in [-0.3, -0.25) is 4.79 Å². The molecule has 0 unspecified atom stereocenters. The fraction of sp³-hybridized carbons (Fsp3) is 0.462. The Morgan fingerprint density at radius 3 is 2.39 bits per heavy atom. The summed E-state index contributed by atoms with van der Waals surface area (Å²) in [6.07, 6.45) is 3.02. The largest absolute Gasteiger partial charge is 0.332 e. The van der Waals surface area contributed by atoms with Crippen molar-refractivity contribution < 1.29 is 4.79 Å². The van der Waals surface area contributed by atoms with E-state index in [0.29, 0.717) is 29.4 Å². The number of nitrogens with zero attached hydrogens (tertiary/aromatic N) is 4. The van der Waals surface area contributed by atoms with Gasteiger partial charge in [0.15, 0.2) is 0 Å². The van der Waals surface area contributed by atoms with Crippen molar-refractivity contribution in [3.05, 3.63) is 69.7 Å². The predicted octanol–water partition coefficient (Wildman–Crippen LogP) is 7.46. The number of hydrogen-bond donors (Lipinski definition) is 0. The van der Waals surface area contributed by atoms with Crippen LogP contribution in [0.25, 0.3) is 0 Å². The molecule has 1 amide bonds. The summed E-state index contributed by atoms with van der Waals surface area (Å²) in [6.45, 7) is 6.84. The van der Waals surface area contributed by atoms with Crippen LogP contribution in [0, 0.1) is 5.41 Å². The molecule has 174 valence electrons. The molecule has 0 aromatic heterocycles. The molecule has 2 aromatic carbocycles. The van der Waals surface area contributed by atoms with Crippen molar-refractivity contribution >= 4 is 34.8 Å². The Morgan fingerprint density at radius 1 is 1.06 bits per heavy atom. The molecule has 1 fully saturated rings. The molecule has 0 radical (unpaired) electrons. The molecular weight excluding hydrogens is 455 g/mol. The lowest BCUT2D eigenvalue weighted by Crippen LogP contribution is -2.56. The maximum Gasteiger partial charge on any atom is 0.229 e. The van der Waals surface area contributed by atoms with Crippen LogP contribution < -0.4 is 0 Å². The highest BCUT2D eigenvalue weighted by atomic mass is 35.5. The van der Waals surface area contributed by atoms with Crippen molar-refractivity contribution in [1.82, 2.24) is 4.90 Å². The molecule has 3 atom stereocenters. The molecule has 0 saturated carbocycles. The van der Waals surface area contributed by atoms with Gasteiger partial charge in [0.25, 0.3) is 0 Å². The highest BCUT2D eigenvalue weighted by molar-refractivity contribution is 6.30. The molecule has 2 aromatic rings. The van der Waals surface area contributed by atoms with E-state index in [1.807, 2.05) is 30.3 Å². The average Bonchev–Trinajstić information content (AvgIpc) is 3.31. The monoisotopic (exact) mass is 484 g/mol. The van der Waals surface area contributed by atoms with E-state index in [1.54, 1.807) is 0 Å². The van der Waals surface area contributed by atoms with Crippen molar-refractivity contribution in [3.63, 3.8) is 0 Å². The third-order valence-electron chi connectivity index (χ3n) is 7.02. The van der Waals surface area contributed by atoms with Gasteiger partial charge < -0.3 is 4.90 Å². The van der Waals surface area contributed by atoms with Gasteiger partial charge in [-0.15, -0.1) is 5.10 Å². The van der Waals surface area contributed by atoms with Gasteiger partial charge in [0.1, 0.15) is 6.54 Å². The van der Waals surface area contributed by atoms with Crippen LogP contribution in [-0.4, -0.2) is 29.1 Å². The molecule has 5 nitrogen and oxygen atoms in total. The van der Waals surface area contributed by atoms with E-state index in [-0.39, 0.29) is 23.9 Å².